The van der Waals surface area contributed by atoms with Crippen LogP contribution in [0.1, 0.15) is 25.0 Å². The second-order valence-electron chi connectivity index (χ2n) is 10.7. The highest BCUT2D eigenvalue weighted by Crippen LogP contribution is 2.51. The van der Waals surface area contributed by atoms with Crippen LogP contribution in [0.4, 0.5) is 11.4 Å². The zero-order valence-electron chi connectivity index (χ0n) is 22.7. The molecule has 2 fully saturated rings. The summed E-state index contributed by atoms with van der Waals surface area (Å²) >= 11 is 3.67. The number of nitrogens with one attached hydrogen (secondary N) is 2. The van der Waals surface area contributed by atoms with Gasteiger partial charge in [-0.1, -0.05) is 35.7 Å². The van der Waals surface area contributed by atoms with Gasteiger partial charge in [0.05, 0.1) is 6.61 Å². The lowest BCUT2D eigenvalue weighted by Gasteiger charge is -2.35. The summed E-state index contributed by atoms with van der Waals surface area (Å²) in [4.78, 5) is 27.4. The molecule has 0 saturated carbocycles. The second-order valence-corrected chi connectivity index (χ2v) is 12.8. The number of likely N-dealkylation sites (N-methyl/N-ethyl adjacent to an activating group) is 1. The summed E-state index contributed by atoms with van der Waals surface area (Å²) in [6, 6.07) is 17.5. The highest BCUT2D eigenvalue weighted by atomic mass is 32.2. The fourth-order valence-corrected chi connectivity index (χ4v) is 7.94. The lowest BCUT2D eigenvalue weighted by atomic mass is 10.1. The Kier molecular flexibility index (Phi) is 8.22. The van der Waals surface area contributed by atoms with Crippen LogP contribution >= 0.6 is 23.5 Å². The van der Waals surface area contributed by atoms with Crippen LogP contribution in [0.25, 0.3) is 0 Å². The van der Waals surface area contributed by atoms with Gasteiger partial charge in [0.15, 0.2) is 0 Å². The fourth-order valence-electron chi connectivity index (χ4n) is 5.49. The number of H-pyrrole nitrogens is 1. The number of ether oxygens (including phenoxy) is 1. The van der Waals surface area contributed by atoms with Crippen molar-refractivity contribution < 1.29 is 4.74 Å². The highest BCUT2D eigenvalue weighted by molar-refractivity contribution is 8.05. The third kappa shape index (κ3) is 6.18. The Morgan fingerprint density at radius 2 is 1.90 bits per heavy atom. The van der Waals surface area contributed by atoms with E-state index in [1.54, 1.807) is 6.20 Å². The predicted octanol–water partition coefficient (Wildman–Crippen LogP) is 5.01. The van der Waals surface area contributed by atoms with Crippen LogP contribution in [-0.2, 0) is 4.74 Å². The molecular formula is C30H37N5O2S2. The van der Waals surface area contributed by atoms with Crippen LogP contribution in [0.2, 0.25) is 0 Å². The summed E-state index contributed by atoms with van der Waals surface area (Å²) in [7, 11) is 2.21. The van der Waals surface area contributed by atoms with E-state index in [-0.39, 0.29) is 11.7 Å². The summed E-state index contributed by atoms with van der Waals surface area (Å²) in [6.45, 7) is 10.1. The van der Waals surface area contributed by atoms with Crippen molar-refractivity contribution in [1.29, 1.82) is 0 Å². The van der Waals surface area contributed by atoms with Crippen molar-refractivity contribution in [1.82, 2.24) is 14.8 Å². The van der Waals surface area contributed by atoms with Crippen LogP contribution in [0.3, 0.4) is 0 Å². The van der Waals surface area contributed by atoms with Crippen LogP contribution in [0, 0.1) is 0 Å². The van der Waals surface area contributed by atoms with Gasteiger partial charge in [-0.2, -0.15) is 0 Å². The quantitative estimate of drug-likeness (QED) is 0.326. The molecule has 0 aliphatic carbocycles. The van der Waals surface area contributed by atoms with E-state index in [0.29, 0.717) is 31.4 Å². The largest absolute Gasteiger partial charge is 0.383 e. The van der Waals surface area contributed by atoms with E-state index in [1.165, 1.54) is 57.0 Å². The van der Waals surface area contributed by atoms with Crippen LogP contribution in [0.15, 0.2) is 79.1 Å². The molecule has 6 rings (SSSR count). The van der Waals surface area contributed by atoms with E-state index < -0.39 is 0 Å². The van der Waals surface area contributed by atoms with Crippen molar-refractivity contribution in [2.75, 3.05) is 69.7 Å². The molecule has 2 unspecified atom stereocenters. The molecule has 0 spiro atoms. The molecule has 3 aliphatic rings. The molecule has 206 valence electrons. The van der Waals surface area contributed by atoms with Gasteiger partial charge in [-0.25, -0.2) is 0 Å². The van der Waals surface area contributed by atoms with Crippen molar-refractivity contribution >= 4 is 34.9 Å². The van der Waals surface area contributed by atoms with E-state index in [2.05, 4.69) is 75.4 Å². The molecule has 0 bridgehead atoms. The van der Waals surface area contributed by atoms with Gasteiger partial charge in [-0.05, 0) is 62.4 Å². The SMILES string of the molecule is CC(CCN1CCN(C)CC1)Nc1ccc2c(c1)Sc1cccc(C3CN(c4ccc[nH]c4=O)CCO3)c1S2. The van der Waals surface area contributed by atoms with Crippen molar-refractivity contribution in [3.63, 3.8) is 0 Å². The number of piperazine rings is 1. The molecule has 2 saturated heterocycles. The van der Waals surface area contributed by atoms with Crippen molar-refractivity contribution in [2.45, 2.75) is 45.1 Å². The lowest BCUT2D eigenvalue weighted by molar-refractivity contribution is 0.0378. The maximum atomic E-state index is 12.4. The second kappa shape index (κ2) is 12.0. The van der Waals surface area contributed by atoms with Gasteiger partial charge in [0.1, 0.15) is 11.8 Å². The minimum Gasteiger partial charge on any atom is -0.383 e. The predicted molar refractivity (Wildman–Crippen MR) is 161 cm³/mol. The molecular weight excluding hydrogens is 526 g/mol. The third-order valence-corrected chi connectivity index (χ3v) is 10.4. The number of aromatic nitrogens is 1. The molecule has 2 N–H and O–H groups in total. The average Bonchev–Trinajstić information content (AvgIpc) is 2.96. The summed E-state index contributed by atoms with van der Waals surface area (Å²) in [5.41, 5.74) is 3.05. The van der Waals surface area contributed by atoms with Gasteiger partial charge in [0.25, 0.3) is 5.56 Å². The smallest absolute Gasteiger partial charge is 0.271 e. The third-order valence-electron chi connectivity index (χ3n) is 7.82. The molecule has 3 aromatic rings. The lowest BCUT2D eigenvalue weighted by Crippen LogP contribution is -2.45. The van der Waals surface area contributed by atoms with Crippen LogP contribution in [-0.4, -0.2) is 80.3 Å². The highest BCUT2D eigenvalue weighted by Gasteiger charge is 2.29. The fraction of sp³-hybridized carbons (Fsp3) is 0.433. The number of hydrogen-bond donors (Lipinski definition) is 2. The molecule has 7 nitrogen and oxygen atoms in total. The number of nitrogens with zero attached hydrogens (tertiary/aromatic N) is 3. The van der Waals surface area contributed by atoms with E-state index in [9.17, 15) is 4.79 Å². The average molecular weight is 564 g/mol. The Bertz CT molecular complexity index is 1360. The Balaban J connectivity index is 1.12. The molecule has 4 heterocycles. The van der Waals surface area contributed by atoms with Gasteiger partial charge in [-0.3, -0.25) is 4.79 Å². The Hall–Kier alpha value is -2.43. The molecule has 0 amide bonds. The van der Waals surface area contributed by atoms with Gasteiger partial charge in [0, 0.05) is 83.3 Å². The van der Waals surface area contributed by atoms with Gasteiger partial charge in [0.2, 0.25) is 0 Å². The number of aromatic amines is 1. The topological polar surface area (TPSA) is 63.8 Å². The first kappa shape index (κ1) is 26.8. The first-order chi connectivity index (χ1) is 19.0. The van der Waals surface area contributed by atoms with E-state index in [0.717, 1.165) is 13.0 Å². The summed E-state index contributed by atoms with van der Waals surface area (Å²) in [5, 5.41) is 3.74. The number of rotatable bonds is 7. The van der Waals surface area contributed by atoms with Gasteiger partial charge >= 0.3 is 0 Å². The molecule has 0 radical (unpaired) electrons. The molecule has 39 heavy (non-hydrogen) atoms. The zero-order valence-corrected chi connectivity index (χ0v) is 24.3. The van der Waals surface area contributed by atoms with E-state index in [1.807, 2.05) is 35.7 Å². The van der Waals surface area contributed by atoms with E-state index >= 15 is 0 Å². The summed E-state index contributed by atoms with van der Waals surface area (Å²) < 4.78 is 6.25. The molecule has 2 aromatic carbocycles. The number of benzene rings is 2. The molecule has 3 aliphatic heterocycles. The summed E-state index contributed by atoms with van der Waals surface area (Å²) in [5.74, 6) is 0. The zero-order chi connectivity index (χ0) is 26.8. The van der Waals surface area contributed by atoms with Crippen molar-refractivity contribution in [3.8, 4) is 0 Å². The number of pyridine rings is 1. The van der Waals surface area contributed by atoms with Crippen molar-refractivity contribution in [2.24, 2.45) is 0 Å². The normalized spacial score (nSPS) is 20.8. The van der Waals surface area contributed by atoms with Crippen LogP contribution < -0.4 is 15.8 Å². The monoisotopic (exact) mass is 563 g/mol. The van der Waals surface area contributed by atoms with Gasteiger partial charge in [-0.15, -0.1) is 0 Å². The number of fused-ring (bicyclic) bond motifs is 2. The first-order valence-electron chi connectivity index (χ1n) is 13.9. The van der Waals surface area contributed by atoms with Gasteiger partial charge < -0.3 is 29.7 Å². The van der Waals surface area contributed by atoms with Crippen LogP contribution in [0.5, 0.6) is 0 Å². The Morgan fingerprint density at radius 1 is 1.03 bits per heavy atom. The molecule has 2 atom stereocenters. The maximum absolute atomic E-state index is 12.4. The number of hydrogen-bond acceptors (Lipinski definition) is 8. The maximum Gasteiger partial charge on any atom is 0.271 e. The number of anilines is 2. The summed E-state index contributed by atoms with van der Waals surface area (Å²) in [6.07, 6.45) is 2.74. The minimum absolute atomic E-state index is 0.0508. The standard InChI is InChI=1S/C30H37N5O2S2/c1-21(10-12-34-15-13-33(2)14-16-34)32-22-8-9-26-28(19-22)38-27-7-3-5-23(29(27)39-26)25-20-35(17-18-37-25)24-6-4-11-31-30(24)36/h3-9,11,19,21,25,32H,10,12-18,20H2,1-2H3,(H,31,36). The first-order valence-corrected chi connectivity index (χ1v) is 15.5. The van der Waals surface area contributed by atoms with Crippen molar-refractivity contribution in [3.05, 3.63) is 70.6 Å². The molecule has 1 aromatic heterocycles. The molecule has 9 heteroatoms. The number of morpholine rings is 1. The minimum atomic E-state index is -0.0787. The van der Waals surface area contributed by atoms with E-state index in [4.69, 9.17) is 4.74 Å². The Morgan fingerprint density at radius 3 is 2.74 bits per heavy atom. The Labute approximate surface area is 239 Å².